The highest BCUT2D eigenvalue weighted by Crippen LogP contribution is 2.34. The van der Waals surface area contributed by atoms with Crippen LogP contribution in [0.25, 0.3) is 5.57 Å². The molecule has 2 atom stereocenters. The molecule has 0 aliphatic heterocycles. The lowest BCUT2D eigenvalue weighted by atomic mass is 9.84. The largest absolute Gasteiger partial charge is 0.481 e. The molecule has 6 nitrogen and oxygen atoms in total. The van der Waals surface area contributed by atoms with E-state index in [-0.39, 0.29) is 12.8 Å². The SMILES string of the molecule is CCCCCCCCCC(=O)OC1(C(=O)Oc2ccc3c(c2)CCC(C(=O)O)C3)C=CC(c2ccccc2)=CC1. The number of ether oxygens (including phenoxy) is 2. The number of hydrogen-bond acceptors (Lipinski definition) is 5. The Kier molecular flexibility index (Phi) is 10.3. The molecule has 2 aliphatic carbocycles. The van der Waals surface area contributed by atoms with Crippen LogP contribution in [0.15, 0.2) is 66.8 Å². The van der Waals surface area contributed by atoms with Crippen LogP contribution in [-0.2, 0) is 32.0 Å². The highest BCUT2D eigenvalue weighted by Gasteiger charge is 2.43. The number of carboxylic acids is 1. The highest BCUT2D eigenvalue weighted by atomic mass is 16.6. The Balaban J connectivity index is 1.44. The minimum absolute atomic E-state index is 0.181. The molecule has 1 N–H and O–H groups in total. The van der Waals surface area contributed by atoms with Gasteiger partial charge in [-0.2, -0.15) is 0 Å². The number of fused-ring (bicyclic) bond motifs is 1. The van der Waals surface area contributed by atoms with E-state index in [1.165, 1.54) is 25.7 Å². The van der Waals surface area contributed by atoms with Crippen LogP contribution in [0.3, 0.4) is 0 Å². The van der Waals surface area contributed by atoms with E-state index < -0.39 is 29.4 Å². The fourth-order valence-electron chi connectivity index (χ4n) is 5.42. The normalized spacial score (nSPS) is 19.8. The van der Waals surface area contributed by atoms with Gasteiger partial charge in [0.15, 0.2) is 0 Å². The molecule has 212 valence electrons. The van der Waals surface area contributed by atoms with Crippen molar-refractivity contribution < 1.29 is 29.0 Å². The number of carbonyl (C=O) groups excluding carboxylic acids is 2. The van der Waals surface area contributed by atoms with Crippen molar-refractivity contribution in [3.63, 3.8) is 0 Å². The third-order valence-corrected chi connectivity index (χ3v) is 7.86. The first-order valence-corrected chi connectivity index (χ1v) is 14.6. The molecule has 0 aromatic heterocycles. The van der Waals surface area contributed by atoms with Gasteiger partial charge in [-0.1, -0.05) is 94.0 Å². The van der Waals surface area contributed by atoms with Crippen LogP contribution in [0.4, 0.5) is 0 Å². The van der Waals surface area contributed by atoms with E-state index in [1.807, 2.05) is 48.6 Å². The molecule has 0 saturated heterocycles. The summed E-state index contributed by atoms with van der Waals surface area (Å²) in [6.07, 6.45) is 15.1. The lowest BCUT2D eigenvalue weighted by Crippen LogP contribution is -2.45. The van der Waals surface area contributed by atoms with Crippen molar-refractivity contribution in [2.45, 2.75) is 89.6 Å². The highest BCUT2D eigenvalue weighted by molar-refractivity contribution is 5.90. The number of esters is 2. The first-order valence-electron chi connectivity index (χ1n) is 14.6. The molecular formula is C34H40O6. The van der Waals surface area contributed by atoms with E-state index >= 15 is 0 Å². The maximum atomic E-state index is 13.6. The molecular weight excluding hydrogens is 504 g/mol. The second-order valence-electron chi connectivity index (χ2n) is 10.9. The molecule has 0 radical (unpaired) electrons. The molecule has 0 fully saturated rings. The summed E-state index contributed by atoms with van der Waals surface area (Å²) in [5.41, 5.74) is 2.37. The quantitative estimate of drug-likeness (QED) is 0.162. The summed E-state index contributed by atoms with van der Waals surface area (Å²) in [5, 5.41) is 9.36. The van der Waals surface area contributed by atoms with Crippen molar-refractivity contribution in [3.05, 3.63) is 83.4 Å². The van der Waals surface area contributed by atoms with Gasteiger partial charge in [0, 0.05) is 12.8 Å². The van der Waals surface area contributed by atoms with Gasteiger partial charge >= 0.3 is 17.9 Å². The number of carbonyl (C=O) groups is 3. The zero-order valence-corrected chi connectivity index (χ0v) is 23.4. The molecule has 0 amide bonds. The molecule has 2 aromatic carbocycles. The van der Waals surface area contributed by atoms with Crippen LogP contribution in [0.2, 0.25) is 0 Å². The van der Waals surface area contributed by atoms with Crippen molar-refractivity contribution in [2.24, 2.45) is 5.92 Å². The topological polar surface area (TPSA) is 89.9 Å². The van der Waals surface area contributed by atoms with Crippen molar-refractivity contribution in [2.75, 3.05) is 0 Å². The van der Waals surface area contributed by atoms with Crippen molar-refractivity contribution in [3.8, 4) is 5.75 Å². The maximum absolute atomic E-state index is 13.6. The minimum atomic E-state index is -1.54. The van der Waals surface area contributed by atoms with Crippen molar-refractivity contribution in [1.29, 1.82) is 0 Å². The fourth-order valence-corrected chi connectivity index (χ4v) is 5.42. The maximum Gasteiger partial charge on any atom is 0.360 e. The summed E-state index contributed by atoms with van der Waals surface area (Å²) in [7, 11) is 0. The summed E-state index contributed by atoms with van der Waals surface area (Å²) >= 11 is 0. The first kappa shape index (κ1) is 29.3. The van der Waals surface area contributed by atoms with E-state index in [0.29, 0.717) is 25.0 Å². The van der Waals surface area contributed by atoms with Crippen LogP contribution >= 0.6 is 0 Å². The Labute approximate surface area is 237 Å². The average molecular weight is 545 g/mol. The summed E-state index contributed by atoms with van der Waals surface area (Å²) in [5.74, 6) is -1.85. The Morgan fingerprint density at radius 3 is 2.40 bits per heavy atom. The van der Waals surface area contributed by atoms with E-state index in [1.54, 1.807) is 18.2 Å². The molecule has 0 spiro atoms. The van der Waals surface area contributed by atoms with Crippen LogP contribution in [0, 0.1) is 5.92 Å². The van der Waals surface area contributed by atoms with Gasteiger partial charge < -0.3 is 14.6 Å². The van der Waals surface area contributed by atoms with Crippen molar-refractivity contribution in [1.82, 2.24) is 0 Å². The fraction of sp³-hybridized carbons (Fsp3) is 0.441. The van der Waals surface area contributed by atoms with Gasteiger partial charge in [-0.3, -0.25) is 9.59 Å². The lowest BCUT2D eigenvalue weighted by Gasteiger charge is -2.30. The van der Waals surface area contributed by atoms with Gasteiger partial charge in [0.05, 0.1) is 5.92 Å². The molecule has 2 unspecified atom stereocenters. The molecule has 0 saturated carbocycles. The number of allylic oxidation sites excluding steroid dienone is 2. The predicted molar refractivity (Wildman–Crippen MR) is 155 cm³/mol. The van der Waals surface area contributed by atoms with E-state index in [9.17, 15) is 19.5 Å². The number of aliphatic carboxylic acids is 1. The smallest absolute Gasteiger partial charge is 0.360 e. The second-order valence-corrected chi connectivity index (χ2v) is 10.9. The van der Waals surface area contributed by atoms with Crippen LogP contribution in [0.1, 0.15) is 87.8 Å². The number of hydrogen-bond donors (Lipinski definition) is 1. The molecule has 6 heteroatoms. The first-order chi connectivity index (χ1) is 19.4. The van der Waals surface area contributed by atoms with Gasteiger partial charge in [-0.05, 0) is 66.2 Å². The van der Waals surface area contributed by atoms with E-state index in [2.05, 4.69) is 6.92 Å². The molecule has 40 heavy (non-hydrogen) atoms. The zero-order valence-electron chi connectivity index (χ0n) is 23.4. The standard InChI is InChI=1S/C34H40O6/c1-2-3-4-5-6-7-11-14-31(35)40-34(21-19-26(20-22-34)25-12-9-8-10-13-25)33(38)39-30-18-17-27-23-29(32(36)37)16-15-28(27)24-30/h8-10,12-13,17-21,24,29H,2-7,11,14-16,22-23H2,1H3,(H,36,37). The Bertz CT molecular complexity index is 1240. The van der Waals surface area contributed by atoms with Gasteiger partial charge in [-0.15, -0.1) is 0 Å². The van der Waals surface area contributed by atoms with Gasteiger partial charge in [0.2, 0.25) is 5.60 Å². The molecule has 0 heterocycles. The predicted octanol–water partition coefficient (Wildman–Crippen LogP) is 7.25. The summed E-state index contributed by atoms with van der Waals surface area (Å²) in [4.78, 5) is 37.9. The summed E-state index contributed by atoms with van der Waals surface area (Å²) in [6.45, 7) is 2.19. The molecule has 2 aromatic rings. The van der Waals surface area contributed by atoms with Crippen LogP contribution in [-0.4, -0.2) is 28.6 Å². The Hall–Kier alpha value is -3.67. The number of benzene rings is 2. The van der Waals surface area contributed by atoms with E-state index in [0.717, 1.165) is 41.5 Å². The Morgan fingerprint density at radius 2 is 1.70 bits per heavy atom. The van der Waals surface area contributed by atoms with E-state index in [4.69, 9.17) is 9.47 Å². The molecule has 0 bridgehead atoms. The van der Waals surface area contributed by atoms with Crippen molar-refractivity contribution >= 4 is 23.5 Å². The summed E-state index contributed by atoms with van der Waals surface area (Å²) in [6, 6.07) is 15.2. The zero-order chi connectivity index (χ0) is 28.4. The molecule has 4 rings (SSSR count). The van der Waals surface area contributed by atoms with Gasteiger partial charge in [-0.25, -0.2) is 4.79 Å². The minimum Gasteiger partial charge on any atom is -0.481 e. The second kappa shape index (κ2) is 14.1. The van der Waals surface area contributed by atoms with Crippen LogP contribution in [0.5, 0.6) is 5.75 Å². The van der Waals surface area contributed by atoms with Gasteiger partial charge in [0.1, 0.15) is 5.75 Å². The number of rotatable bonds is 13. The number of carboxylic acid groups (broad SMARTS) is 1. The Morgan fingerprint density at radius 1 is 0.950 bits per heavy atom. The van der Waals surface area contributed by atoms with Crippen LogP contribution < -0.4 is 4.74 Å². The van der Waals surface area contributed by atoms with Gasteiger partial charge in [0.25, 0.3) is 0 Å². The third kappa shape index (κ3) is 7.71. The number of aryl methyl sites for hydroxylation is 1. The monoisotopic (exact) mass is 544 g/mol. The third-order valence-electron chi connectivity index (χ3n) is 7.86. The number of unbranched alkanes of at least 4 members (excludes halogenated alkanes) is 6. The summed E-state index contributed by atoms with van der Waals surface area (Å²) < 4.78 is 11.7. The molecule has 2 aliphatic rings. The average Bonchev–Trinajstić information content (AvgIpc) is 2.97. The lowest BCUT2D eigenvalue weighted by molar-refractivity contribution is -0.170.